The first-order valence-corrected chi connectivity index (χ1v) is 7.63. The quantitative estimate of drug-likeness (QED) is 0.676. The van der Waals surface area contributed by atoms with Gasteiger partial charge < -0.3 is 16.0 Å². The van der Waals surface area contributed by atoms with E-state index in [2.05, 4.69) is 20.9 Å². The number of anilines is 2. The van der Waals surface area contributed by atoms with Crippen molar-refractivity contribution in [3.05, 3.63) is 51.5 Å². The fourth-order valence-corrected chi connectivity index (χ4v) is 2.31. The molecule has 1 aromatic heterocycles. The minimum atomic E-state index is -0.604. The Morgan fingerprint density at radius 2 is 1.78 bits per heavy atom. The molecule has 5 nitrogen and oxygen atoms in total. The first-order chi connectivity index (χ1) is 11.0. The molecule has 122 valence electrons. The maximum atomic E-state index is 13.3. The highest BCUT2D eigenvalue weighted by Gasteiger charge is 2.07. The summed E-state index contributed by atoms with van der Waals surface area (Å²) in [7, 11) is 0. The Hall–Kier alpha value is -1.76. The van der Waals surface area contributed by atoms with E-state index in [0.717, 1.165) is 6.07 Å². The average Bonchev–Trinajstić information content (AvgIpc) is 2.50. The number of hydrogen-bond donors (Lipinski definition) is 3. The lowest BCUT2D eigenvalue weighted by Crippen LogP contribution is -2.32. The van der Waals surface area contributed by atoms with Gasteiger partial charge in [-0.2, -0.15) is 0 Å². The van der Waals surface area contributed by atoms with Gasteiger partial charge in [-0.25, -0.2) is 9.18 Å². The number of halogens is 4. The van der Waals surface area contributed by atoms with Crippen LogP contribution in [0.4, 0.5) is 20.6 Å². The molecule has 2 amide bonds. The van der Waals surface area contributed by atoms with Crippen molar-refractivity contribution < 1.29 is 9.18 Å². The summed E-state index contributed by atoms with van der Waals surface area (Å²) in [5.41, 5.74) is 0.850. The third-order valence-corrected chi connectivity index (χ3v) is 3.62. The topological polar surface area (TPSA) is 66.0 Å². The van der Waals surface area contributed by atoms with Crippen molar-refractivity contribution in [1.82, 2.24) is 10.3 Å². The number of nitrogens with zero attached hydrogens (tertiary/aromatic N) is 1. The van der Waals surface area contributed by atoms with Crippen LogP contribution in [0.1, 0.15) is 0 Å². The molecule has 2 rings (SSSR count). The zero-order valence-electron chi connectivity index (χ0n) is 11.7. The second-order valence-electron chi connectivity index (χ2n) is 4.41. The van der Waals surface area contributed by atoms with Crippen LogP contribution in [0.3, 0.4) is 0 Å². The molecule has 0 bridgehead atoms. The lowest BCUT2D eigenvalue weighted by Gasteiger charge is -2.11. The lowest BCUT2D eigenvalue weighted by atomic mass is 10.3. The second kappa shape index (κ2) is 8.19. The van der Waals surface area contributed by atoms with E-state index in [4.69, 9.17) is 34.8 Å². The molecule has 2 aromatic rings. The molecule has 23 heavy (non-hydrogen) atoms. The van der Waals surface area contributed by atoms with Gasteiger partial charge in [0, 0.05) is 31.2 Å². The van der Waals surface area contributed by atoms with E-state index in [-0.39, 0.29) is 5.02 Å². The van der Waals surface area contributed by atoms with E-state index in [0.29, 0.717) is 34.5 Å². The third-order valence-electron chi connectivity index (χ3n) is 2.74. The maximum absolute atomic E-state index is 13.3. The highest BCUT2D eigenvalue weighted by molar-refractivity contribution is 6.38. The molecule has 0 aliphatic heterocycles. The highest BCUT2D eigenvalue weighted by Crippen LogP contribution is 2.28. The number of amides is 2. The SMILES string of the molecule is O=C(NCCNc1c(Cl)cncc1Cl)Nc1ccc(Cl)c(F)c1. The Morgan fingerprint density at radius 1 is 1.09 bits per heavy atom. The number of nitrogens with one attached hydrogen (secondary N) is 3. The molecule has 1 aromatic carbocycles. The predicted octanol–water partition coefficient (Wildman–Crippen LogP) is 4.41. The number of rotatable bonds is 5. The average molecular weight is 378 g/mol. The highest BCUT2D eigenvalue weighted by atomic mass is 35.5. The predicted molar refractivity (Wildman–Crippen MR) is 91.2 cm³/mol. The van der Waals surface area contributed by atoms with E-state index < -0.39 is 11.8 Å². The first-order valence-electron chi connectivity index (χ1n) is 6.50. The third kappa shape index (κ3) is 5.13. The monoisotopic (exact) mass is 376 g/mol. The van der Waals surface area contributed by atoms with Crippen LogP contribution in [0.25, 0.3) is 0 Å². The number of carbonyl (C=O) groups is 1. The van der Waals surface area contributed by atoms with Gasteiger partial charge in [0.25, 0.3) is 0 Å². The molecule has 0 radical (unpaired) electrons. The Labute approximate surface area is 147 Å². The summed E-state index contributed by atoms with van der Waals surface area (Å²) >= 11 is 17.5. The van der Waals surface area contributed by atoms with E-state index >= 15 is 0 Å². The smallest absolute Gasteiger partial charge is 0.319 e. The van der Waals surface area contributed by atoms with Crippen LogP contribution in [0, 0.1) is 5.82 Å². The Balaban J connectivity index is 1.78. The van der Waals surface area contributed by atoms with Gasteiger partial charge in [-0.1, -0.05) is 34.8 Å². The Bertz CT molecular complexity index is 694. The molecule has 0 spiro atoms. The number of hydrogen-bond acceptors (Lipinski definition) is 3. The minimum Gasteiger partial charge on any atom is -0.381 e. The molecular weight excluding hydrogens is 366 g/mol. The van der Waals surface area contributed by atoms with Gasteiger partial charge in [0.2, 0.25) is 0 Å². The molecule has 0 fully saturated rings. The maximum Gasteiger partial charge on any atom is 0.319 e. The standard InChI is InChI=1S/C14H12Cl3FN4O/c15-9-2-1-8(5-12(9)18)22-14(23)21-4-3-20-13-10(16)6-19-7-11(13)17/h1-2,5-7H,3-4H2,(H,19,20)(H2,21,22,23). The van der Waals surface area contributed by atoms with Gasteiger partial charge in [-0.05, 0) is 18.2 Å². The molecule has 0 saturated heterocycles. The van der Waals surface area contributed by atoms with Gasteiger partial charge in [0.05, 0.1) is 20.8 Å². The number of benzene rings is 1. The zero-order chi connectivity index (χ0) is 16.8. The summed E-state index contributed by atoms with van der Waals surface area (Å²) in [5.74, 6) is -0.604. The van der Waals surface area contributed by atoms with Crippen molar-refractivity contribution in [3.8, 4) is 0 Å². The second-order valence-corrected chi connectivity index (χ2v) is 5.64. The number of carbonyl (C=O) groups excluding carboxylic acids is 1. The van der Waals surface area contributed by atoms with Crippen LogP contribution in [0.2, 0.25) is 15.1 Å². The largest absolute Gasteiger partial charge is 0.381 e. The summed E-state index contributed by atoms with van der Waals surface area (Å²) in [6.45, 7) is 0.697. The normalized spacial score (nSPS) is 10.3. The summed E-state index contributed by atoms with van der Waals surface area (Å²) < 4.78 is 13.3. The van der Waals surface area contributed by atoms with Crippen molar-refractivity contribution >= 4 is 52.2 Å². The molecular formula is C14H12Cl3FN4O. The van der Waals surface area contributed by atoms with Gasteiger partial charge in [-0.3, -0.25) is 4.98 Å². The van der Waals surface area contributed by atoms with E-state index in [1.165, 1.54) is 24.5 Å². The molecule has 0 aliphatic carbocycles. The zero-order valence-corrected chi connectivity index (χ0v) is 13.9. The fraction of sp³-hybridized carbons (Fsp3) is 0.143. The van der Waals surface area contributed by atoms with Crippen molar-refractivity contribution in [2.45, 2.75) is 0 Å². The summed E-state index contributed by atoms with van der Waals surface area (Å²) in [5, 5.41) is 8.86. The molecule has 0 aliphatic rings. The van der Waals surface area contributed by atoms with Crippen LogP contribution in [-0.2, 0) is 0 Å². The molecule has 9 heteroatoms. The number of aromatic nitrogens is 1. The van der Waals surface area contributed by atoms with E-state index in [1.807, 2.05) is 0 Å². The summed E-state index contributed by atoms with van der Waals surface area (Å²) in [4.78, 5) is 15.5. The molecule has 0 saturated carbocycles. The van der Waals surface area contributed by atoms with Gasteiger partial charge >= 0.3 is 6.03 Å². The van der Waals surface area contributed by atoms with Crippen molar-refractivity contribution in [2.24, 2.45) is 0 Å². The molecule has 0 unspecified atom stereocenters. The van der Waals surface area contributed by atoms with Crippen LogP contribution >= 0.6 is 34.8 Å². The van der Waals surface area contributed by atoms with Gasteiger partial charge in [0.15, 0.2) is 0 Å². The summed E-state index contributed by atoms with van der Waals surface area (Å²) in [6, 6.07) is 3.53. The van der Waals surface area contributed by atoms with Crippen LogP contribution < -0.4 is 16.0 Å². The number of urea groups is 1. The molecule has 0 atom stereocenters. The van der Waals surface area contributed by atoms with Crippen LogP contribution in [-0.4, -0.2) is 24.1 Å². The first kappa shape index (κ1) is 17.6. The Kier molecular flexibility index (Phi) is 6.27. The van der Waals surface area contributed by atoms with Crippen molar-refractivity contribution in [3.63, 3.8) is 0 Å². The van der Waals surface area contributed by atoms with Crippen molar-refractivity contribution in [2.75, 3.05) is 23.7 Å². The minimum absolute atomic E-state index is 0.00809. The molecule has 3 N–H and O–H groups in total. The van der Waals surface area contributed by atoms with Crippen LogP contribution in [0.15, 0.2) is 30.6 Å². The van der Waals surface area contributed by atoms with Crippen molar-refractivity contribution in [1.29, 1.82) is 0 Å². The summed E-state index contributed by atoms with van der Waals surface area (Å²) in [6.07, 6.45) is 2.93. The Morgan fingerprint density at radius 3 is 2.43 bits per heavy atom. The van der Waals surface area contributed by atoms with Gasteiger partial charge in [-0.15, -0.1) is 0 Å². The van der Waals surface area contributed by atoms with Gasteiger partial charge in [0.1, 0.15) is 5.82 Å². The van der Waals surface area contributed by atoms with E-state index in [1.54, 1.807) is 0 Å². The fourth-order valence-electron chi connectivity index (χ4n) is 1.69. The molecule has 1 heterocycles. The van der Waals surface area contributed by atoms with Crippen LogP contribution in [0.5, 0.6) is 0 Å². The van der Waals surface area contributed by atoms with E-state index in [9.17, 15) is 9.18 Å². The lowest BCUT2D eigenvalue weighted by molar-refractivity contribution is 0.252. The number of pyridine rings is 1.